The summed E-state index contributed by atoms with van der Waals surface area (Å²) < 4.78 is 5.39. The second-order valence-corrected chi connectivity index (χ2v) is 5.13. The minimum Gasteiger partial charge on any atom is -0.479 e. The highest BCUT2D eigenvalue weighted by atomic mass is 16.5. The molecule has 0 fully saturated rings. The molecule has 1 rings (SSSR count). The van der Waals surface area contributed by atoms with Gasteiger partial charge in [0, 0.05) is 0 Å². The summed E-state index contributed by atoms with van der Waals surface area (Å²) >= 11 is 0. The van der Waals surface area contributed by atoms with Crippen molar-refractivity contribution in [2.24, 2.45) is 0 Å². The zero-order chi connectivity index (χ0) is 13.1. The molecule has 0 bridgehead atoms. The van der Waals surface area contributed by atoms with Gasteiger partial charge in [-0.1, -0.05) is 39.8 Å². The van der Waals surface area contributed by atoms with E-state index < -0.39 is 12.1 Å². The molecule has 0 amide bonds. The Bertz CT molecular complexity index is 373. The molecule has 0 saturated carbocycles. The first-order valence-electron chi connectivity index (χ1n) is 5.84. The van der Waals surface area contributed by atoms with Crippen LogP contribution in [0.5, 0.6) is 5.75 Å². The zero-order valence-electron chi connectivity index (χ0n) is 10.9. The molecular formula is C14H20O3. The summed E-state index contributed by atoms with van der Waals surface area (Å²) in [5.41, 5.74) is 1.29. The van der Waals surface area contributed by atoms with Crippen molar-refractivity contribution >= 4 is 5.97 Å². The molecule has 3 heteroatoms. The Morgan fingerprint density at radius 3 is 2.18 bits per heavy atom. The highest BCUT2D eigenvalue weighted by molar-refractivity contribution is 5.72. The van der Waals surface area contributed by atoms with Crippen LogP contribution in [-0.2, 0) is 10.2 Å². The molecule has 0 saturated heterocycles. The first-order valence-corrected chi connectivity index (χ1v) is 5.84. The number of hydrogen-bond donors (Lipinski definition) is 1. The van der Waals surface area contributed by atoms with Crippen molar-refractivity contribution in [3.05, 3.63) is 29.8 Å². The van der Waals surface area contributed by atoms with Gasteiger partial charge in [-0.3, -0.25) is 0 Å². The van der Waals surface area contributed by atoms with Crippen molar-refractivity contribution < 1.29 is 14.6 Å². The minimum absolute atomic E-state index is 0.0927. The van der Waals surface area contributed by atoms with E-state index in [-0.39, 0.29) is 5.41 Å². The normalized spacial score (nSPS) is 13.2. The number of carbonyl (C=O) groups is 1. The molecule has 0 aliphatic carbocycles. The van der Waals surface area contributed by atoms with Crippen molar-refractivity contribution in [2.45, 2.75) is 45.6 Å². The lowest BCUT2D eigenvalue weighted by Gasteiger charge is -2.20. The lowest BCUT2D eigenvalue weighted by molar-refractivity contribution is -0.145. The molecule has 0 radical (unpaired) electrons. The van der Waals surface area contributed by atoms with Gasteiger partial charge in [-0.25, -0.2) is 4.79 Å². The first kappa shape index (κ1) is 13.6. The lowest BCUT2D eigenvalue weighted by Crippen LogP contribution is -2.25. The van der Waals surface area contributed by atoms with Crippen molar-refractivity contribution in [1.82, 2.24) is 0 Å². The molecular weight excluding hydrogens is 216 g/mol. The van der Waals surface area contributed by atoms with E-state index in [0.717, 1.165) is 0 Å². The smallest absolute Gasteiger partial charge is 0.344 e. The van der Waals surface area contributed by atoms with Gasteiger partial charge in [-0.2, -0.15) is 0 Å². The zero-order valence-corrected chi connectivity index (χ0v) is 10.9. The predicted octanol–water partition coefficient (Wildman–Crippen LogP) is 3.23. The van der Waals surface area contributed by atoms with Crippen LogP contribution in [0.1, 0.15) is 39.7 Å². The molecule has 0 spiro atoms. The fraction of sp³-hybridized carbons (Fsp3) is 0.500. The Labute approximate surface area is 102 Å². The van der Waals surface area contributed by atoms with E-state index in [2.05, 4.69) is 20.8 Å². The van der Waals surface area contributed by atoms with Gasteiger partial charge in [0.1, 0.15) is 5.75 Å². The maximum atomic E-state index is 10.8. The van der Waals surface area contributed by atoms with Crippen molar-refractivity contribution in [3.8, 4) is 5.75 Å². The Balaban J connectivity index is 2.78. The second-order valence-electron chi connectivity index (χ2n) is 5.13. The van der Waals surface area contributed by atoms with E-state index in [1.54, 1.807) is 6.92 Å². The maximum Gasteiger partial charge on any atom is 0.344 e. The van der Waals surface area contributed by atoms with Gasteiger partial charge in [-0.05, 0) is 29.5 Å². The highest BCUT2D eigenvalue weighted by Crippen LogP contribution is 2.24. The molecule has 0 unspecified atom stereocenters. The van der Waals surface area contributed by atoms with E-state index in [1.165, 1.54) is 5.56 Å². The molecule has 1 aromatic carbocycles. The van der Waals surface area contributed by atoms with Crippen LogP contribution in [0.3, 0.4) is 0 Å². The largest absolute Gasteiger partial charge is 0.479 e. The molecule has 0 aliphatic heterocycles. The Hall–Kier alpha value is -1.51. The van der Waals surface area contributed by atoms with E-state index >= 15 is 0 Å². The molecule has 17 heavy (non-hydrogen) atoms. The Morgan fingerprint density at radius 1 is 1.29 bits per heavy atom. The van der Waals surface area contributed by atoms with Crippen LogP contribution in [0.2, 0.25) is 0 Å². The van der Waals surface area contributed by atoms with Gasteiger partial charge < -0.3 is 9.84 Å². The summed E-state index contributed by atoms with van der Waals surface area (Å²) in [6.45, 7) is 8.20. The average Bonchev–Trinajstić information content (AvgIpc) is 2.25. The molecule has 0 aromatic heterocycles. The quantitative estimate of drug-likeness (QED) is 0.873. The van der Waals surface area contributed by atoms with E-state index in [0.29, 0.717) is 12.2 Å². The Morgan fingerprint density at radius 2 is 1.82 bits per heavy atom. The van der Waals surface area contributed by atoms with Gasteiger partial charge in [-0.15, -0.1) is 0 Å². The van der Waals surface area contributed by atoms with Crippen molar-refractivity contribution in [1.29, 1.82) is 0 Å². The summed E-state index contributed by atoms with van der Waals surface area (Å²) in [5, 5.41) is 8.89. The summed E-state index contributed by atoms with van der Waals surface area (Å²) in [6, 6.07) is 7.60. The second kappa shape index (κ2) is 5.21. The number of carboxylic acid groups (broad SMARTS) is 1. The molecule has 1 atom stereocenters. The van der Waals surface area contributed by atoms with Crippen molar-refractivity contribution in [2.75, 3.05) is 0 Å². The van der Waals surface area contributed by atoms with Crippen LogP contribution >= 0.6 is 0 Å². The number of ether oxygens (including phenoxy) is 1. The third-order valence-corrected chi connectivity index (χ3v) is 2.64. The lowest BCUT2D eigenvalue weighted by atomic mass is 9.87. The van der Waals surface area contributed by atoms with E-state index in [1.807, 2.05) is 24.3 Å². The standard InChI is InChI=1S/C14H20O3/c1-5-12(13(15)16)17-11-8-6-10(7-9-11)14(2,3)4/h6-9,12H,5H2,1-4H3,(H,15,16)/t12-/m1/s1. The van der Waals surface area contributed by atoms with Gasteiger partial charge in [0.2, 0.25) is 0 Å². The third kappa shape index (κ3) is 3.77. The number of aliphatic carboxylic acids is 1. The summed E-state index contributed by atoms with van der Waals surface area (Å²) in [6.07, 6.45) is -0.313. The van der Waals surface area contributed by atoms with Crippen LogP contribution < -0.4 is 4.74 Å². The first-order chi connectivity index (χ1) is 7.84. The fourth-order valence-electron chi connectivity index (χ4n) is 1.51. The van der Waals surface area contributed by atoms with Crippen LogP contribution in [-0.4, -0.2) is 17.2 Å². The molecule has 1 aromatic rings. The van der Waals surface area contributed by atoms with E-state index in [9.17, 15) is 4.79 Å². The molecule has 3 nitrogen and oxygen atoms in total. The van der Waals surface area contributed by atoms with Crippen molar-refractivity contribution in [3.63, 3.8) is 0 Å². The number of benzene rings is 1. The third-order valence-electron chi connectivity index (χ3n) is 2.64. The SMILES string of the molecule is CC[C@@H](Oc1ccc(C(C)(C)C)cc1)C(=O)O. The number of rotatable bonds is 4. The highest BCUT2D eigenvalue weighted by Gasteiger charge is 2.17. The number of carboxylic acids is 1. The van der Waals surface area contributed by atoms with Gasteiger partial charge in [0.05, 0.1) is 0 Å². The molecule has 0 aliphatic rings. The van der Waals surface area contributed by atoms with Crippen LogP contribution in [0.15, 0.2) is 24.3 Å². The Kier molecular flexibility index (Phi) is 4.16. The predicted molar refractivity (Wildman–Crippen MR) is 67.5 cm³/mol. The summed E-state index contributed by atoms with van der Waals surface area (Å²) in [4.78, 5) is 10.8. The van der Waals surface area contributed by atoms with Gasteiger partial charge in [0.25, 0.3) is 0 Å². The molecule has 94 valence electrons. The summed E-state index contributed by atoms with van der Waals surface area (Å²) in [7, 11) is 0. The van der Waals surface area contributed by atoms with Crippen LogP contribution in [0, 0.1) is 0 Å². The van der Waals surface area contributed by atoms with Crippen LogP contribution in [0.25, 0.3) is 0 Å². The number of hydrogen-bond acceptors (Lipinski definition) is 2. The fourth-order valence-corrected chi connectivity index (χ4v) is 1.51. The maximum absolute atomic E-state index is 10.8. The van der Waals surface area contributed by atoms with Gasteiger partial charge >= 0.3 is 5.97 Å². The minimum atomic E-state index is -0.924. The van der Waals surface area contributed by atoms with Gasteiger partial charge in [0.15, 0.2) is 6.10 Å². The molecule has 1 N–H and O–H groups in total. The monoisotopic (exact) mass is 236 g/mol. The topological polar surface area (TPSA) is 46.5 Å². The average molecular weight is 236 g/mol. The summed E-state index contributed by atoms with van der Waals surface area (Å²) in [5.74, 6) is -0.320. The van der Waals surface area contributed by atoms with E-state index in [4.69, 9.17) is 9.84 Å². The van der Waals surface area contributed by atoms with Crippen LogP contribution in [0.4, 0.5) is 0 Å². The molecule has 0 heterocycles.